The van der Waals surface area contributed by atoms with Gasteiger partial charge in [0.05, 0.1) is 11.2 Å². The van der Waals surface area contributed by atoms with Gasteiger partial charge in [-0.1, -0.05) is 35.9 Å². The molecule has 0 spiro atoms. The minimum atomic E-state index is -1.05. The third-order valence-electron chi connectivity index (χ3n) is 4.09. The topological polar surface area (TPSA) is 49.7 Å². The molecule has 1 aromatic carbocycles. The summed E-state index contributed by atoms with van der Waals surface area (Å²) in [6, 6.07) is 12.1. The Kier molecular flexibility index (Phi) is 4.83. The maximum absolute atomic E-state index is 10.3. The lowest BCUT2D eigenvalue weighted by molar-refractivity contribution is -0.0981. The third kappa shape index (κ3) is 3.79. The molecule has 0 aliphatic carbocycles. The van der Waals surface area contributed by atoms with Crippen molar-refractivity contribution in [3.63, 3.8) is 0 Å². The number of aliphatic hydroxyl groups is 1. The minimum Gasteiger partial charge on any atom is -0.423 e. The fourth-order valence-corrected chi connectivity index (χ4v) is 2.77. The highest BCUT2D eigenvalue weighted by Gasteiger charge is 2.39. The maximum Gasteiger partial charge on any atom is 0.502 e. The van der Waals surface area contributed by atoms with Crippen LogP contribution in [0, 0.1) is 6.92 Å². The van der Waals surface area contributed by atoms with Crippen molar-refractivity contribution in [1.29, 1.82) is 0 Å². The summed E-state index contributed by atoms with van der Waals surface area (Å²) in [6.07, 6.45) is 0. The molecule has 1 heterocycles. The van der Waals surface area contributed by atoms with Crippen molar-refractivity contribution >= 4 is 23.2 Å². The molecule has 1 aromatic heterocycles. The average Bonchev–Trinajstić information content (AvgIpc) is 2.87. The highest BCUT2D eigenvalue weighted by Crippen LogP contribution is 2.27. The van der Waals surface area contributed by atoms with Gasteiger partial charge in [0.2, 0.25) is 0 Å². The van der Waals surface area contributed by atoms with Crippen LogP contribution in [-0.2, 0) is 4.65 Å². The molecule has 0 radical (unpaired) electrons. The van der Waals surface area contributed by atoms with Crippen LogP contribution in [0.5, 0.6) is 0 Å². The van der Waals surface area contributed by atoms with Gasteiger partial charge < -0.3 is 14.8 Å². The van der Waals surface area contributed by atoms with E-state index in [1.807, 2.05) is 12.1 Å². The van der Waals surface area contributed by atoms with Crippen LogP contribution in [0.3, 0.4) is 0 Å². The van der Waals surface area contributed by atoms with Crippen LogP contribution >= 0.6 is 11.3 Å². The van der Waals surface area contributed by atoms with E-state index in [4.69, 9.17) is 4.65 Å². The fourth-order valence-electron chi connectivity index (χ4n) is 1.84. The van der Waals surface area contributed by atoms with Gasteiger partial charge in [-0.25, -0.2) is 0 Å². The molecule has 2 aromatic rings. The predicted octanol–water partition coefficient (Wildman–Crippen LogP) is 2.98. The van der Waals surface area contributed by atoms with Gasteiger partial charge in [-0.3, -0.25) is 0 Å². The van der Waals surface area contributed by atoms with E-state index in [1.54, 1.807) is 27.7 Å². The maximum atomic E-state index is 10.3. The molecule has 0 unspecified atom stereocenters. The molecule has 2 rings (SSSR count). The molecule has 0 bridgehead atoms. The highest BCUT2D eigenvalue weighted by atomic mass is 32.1. The normalized spacial score (nSPS) is 12.5. The molecule has 5 heteroatoms. The van der Waals surface area contributed by atoms with Gasteiger partial charge in [-0.15, -0.1) is 11.3 Å². The lowest BCUT2D eigenvalue weighted by atomic mass is 9.82. The summed E-state index contributed by atoms with van der Waals surface area (Å²) in [5.41, 5.74) is 0.428. The van der Waals surface area contributed by atoms with Crippen LogP contribution in [-0.4, -0.2) is 28.5 Å². The zero-order valence-electron chi connectivity index (χ0n) is 13.8. The first-order valence-electron chi connectivity index (χ1n) is 7.35. The van der Waals surface area contributed by atoms with E-state index in [0.29, 0.717) is 0 Å². The summed E-state index contributed by atoms with van der Waals surface area (Å²) in [5.74, 6) is 0. The van der Waals surface area contributed by atoms with Crippen molar-refractivity contribution in [3.8, 4) is 10.4 Å². The summed E-state index contributed by atoms with van der Waals surface area (Å²) in [5, 5.41) is 20.4. The van der Waals surface area contributed by atoms with Crippen LogP contribution in [0.25, 0.3) is 10.4 Å². The van der Waals surface area contributed by atoms with Crippen molar-refractivity contribution in [2.24, 2.45) is 0 Å². The van der Waals surface area contributed by atoms with E-state index in [9.17, 15) is 10.1 Å². The van der Waals surface area contributed by atoms with Crippen LogP contribution in [0.15, 0.2) is 36.4 Å². The third-order valence-corrected chi connectivity index (χ3v) is 5.25. The van der Waals surface area contributed by atoms with Crippen LogP contribution in [0.2, 0.25) is 0 Å². The minimum absolute atomic E-state index is 0.730. The molecule has 0 atom stereocenters. The van der Waals surface area contributed by atoms with Crippen molar-refractivity contribution in [2.75, 3.05) is 0 Å². The first-order chi connectivity index (χ1) is 10.1. The standard InChI is InChI=1S/C17H23BO3S/c1-12-6-8-13(9-7-12)14-10-11-15(22-14)18(20)21-17(4,5)16(2,3)19/h6-11,19-20H,1-5H3. The van der Waals surface area contributed by atoms with Gasteiger partial charge in [0.25, 0.3) is 0 Å². The number of hydrogen-bond donors (Lipinski definition) is 2. The Morgan fingerprint density at radius 3 is 2.14 bits per heavy atom. The molecule has 2 N–H and O–H groups in total. The van der Waals surface area contributed by atoms with E-state index in [2.05, 4.69) is 31.2 Å². The number of thiophene rings is 1. The smallest absolute Gasteiger partial charge is 0.423 e. The molecule has 0 amide bonds. The number of aryl methyl sites for hydroxylation is 1. The first-order valence-corrected chi connectivity index (χ1v) is 8.17. The Morgan fingerprint density at radius 1 is 1.00 bits per heavy atom. The number of hydrogen-bond acceptors (Lipinski definition) is 4. The Balaban J connectivity index is 2.16. The fraction of sp³-hybridized carbons (Fsp3) is 0.412. The Hall–Kier alpha value is -1.14. The molecule has 0 aliphatic heterocycles. The second kappa shape index (κ2) is 6.16. The van der Waals surface area contributed by atoms with Crippen LogP contribution in [0.1, 0.15) is 33.3 Å². The second-order valence-electron chi connectivity index (χ2n) is 6.61. The lowest BCUT2D eigenvalue weighted by Gasteiger charge is -2.38. The van der Waals surface area contributed by atoms with E-state index in [1.165, 1.54) is 16.9 Å². The van der Waals surface area contributed by atoms with Crippen LogP contribution < -0.4 is 4.78 Å². The van der Waals surface area contributed by atoms with Crippen molar-refractivity contribution < 1.29 is 14.8 Å². The van der Waals surface area contributed by atoms with Crippen molar-refractivity contribution in [1.82, 2.24) is 0 Å². The zero-order valence-corrected chi connectivity index (χ0v) is 14.6. The predicted molar refractivity (Wildman–Crippen MR) is 93.6 cm³/mol. The number of benzene rings is 1. The van der Waals surface area contributed by atoms with E-state index in [-0.39, 0.29) is 0 Å². The first kappa shape index (κ1) is 17.2. The summed E-state index contributed by atoms with van der Waals surface area (Å²) >= 11 is 1.49. The van der Waals surface area contributed by atoms with E-state index in [0.717, 1.165) is 15.2 Å². The molecule has 0 fully saturated rings. The van der Waals surface area contributed by atoms with Gasteiger partial charge >= 0.3 is 7.12 Å². The Bertz CT molecular complexity index is 626. The largest absolute Gasteiger partial charge is 0.502 e. The summed E-state index contributed by atoms with van der Waals surface area (Å²) in [6.45, 7) is 8.94. The summed E-state index contributed by atoms with van der Waals surface area (Å²) in [7, 11) is -1.05. The molecular weight excluding hydrogens is 295 g/mol. The van der Waals surface area contributed by atoms with Crippen molar-refractivity contribution in [3.05, 3.63) is 42.0 Å². The lowest BCUT2D eigenvalue weighted by Crippen LogP contribution is -2.52. The Labute approximate surface area is 136 Å². The van der Waals surface area contributed by atoms with E-state index < -0.39 is 18.3 Å². The quantitative estimate of drug-likeness (QED) is 0.833. The molecule has 0 aliphatic rings. The van der Waals surface area contributed by atoms with Gasteiger partial charge in [-0.2, -0.15) is 0 Å². The molecule has 3 nitrogen and oxygen atoms in total. The van der Waals surface area contributed by atoms with Gasteiger partial charge in [0.15, 0.2) is 0 Å². The highest BCUT2D eigenvalue weighted by molar-refractivity contribution is 7.25. The van der Waals surface area contributed by atoms with Crippen molar-refractivity contribution in [2.45, 2.75) is 45.8 Å². The average molecular weight is 318 g/mol. The van der Waals surface area contributed by atoms with Gasteiger partial charge in [0, 0.05) is 9.65 Å². The van der Waals surface area contributed by atoms with Gasteiger partial charge in [-0.05, 0) is 46.2 Å². The summed E-state index contributed by atoms with van der Waals surface area (Å²) in [4.78, 5) is 1.08. The second-order valence-corrected chi connectivity index (χ2v) is 7.72. The molecule has 0 saturated carbocycles. The number of rotatable bonds is 5. The van der Waals surface area contributed by atoms with E-state index >= 15 is 0 Å². The molecule has 118 valence electrons. The Morgan fingerprint density at radius 2 is 1.59 bits per heavy atom. The molecular formula is C17H23BO3S. The van der Waals surface area contributed by atoms with Gasteiger partial charge in [0.1, 0.15) is 0 Å². The summed E-state index contributed by atoms with van der Waals surface area (Å²) < 4.78 is 6.40. The monoisotopic (exact) mass is 318 g/mol. The molecule has 0 saturated heterocycles. The SMILES string of the molecule is Cc1ccc(-c2ccc(B(O)OC(C)(C)C(C)(C)O)s2)cc1. The zero-order chi connectivity index (χ0) is 16.5. The molecule has 22 heavy (non-hydrogen) atoms. The van der Waals surface area contributed by atoms with Crippen LogP contribution in [0.4, 0.5) is 0 Å².